The molecule has 0 bridgehead atoms. The van der Waals surface area contributed by atoms with Crippen LogP contribution in [0.25, 0.3) is 0 Å². The fourth-order valence-electron chi connectivity index (χ4n) is 1.21. The average molecular weight is 311 g/mol. The van der Waals surface area contributed by atoms with Crippen LogP contribution < -0.4 is 5.32 Å². The summed E-state index contributed by atoms with van der Waals surface area (Å²) in [5.41, 5.74) is -0.468. The molecule has 0 aliphatic carbocycles. The molecule has 120 valence electrons. The minimum Gasteiger partial charge on any atom is -0.377 e. The molecule has 0 aliphatic heterocycles. The summed E-state index contributed by atoms with van der Waals surface area (Å²) in [6.07, 6.45) is 2.58. The van der Waals surface area contributed by atoms with Gasteiger partial charge < -0.3 is 19.5 Å². The van der Waals surface area contributed by atoms with E-state index in [2.05, 4.69) is 16.1 Å². The monoisotopic (exact) mass is 311 g/mol. The smallest absolute Gasteiger partial charge is 0.264 e. The standard InChI is InChI=1S/C12H25NO6S/c1-5-13-12(2,3)18-10-8-16-6-7-17-9-11-19-20(4,14)15/h5,13H,1,6-11H2,2-4H3. The molecule has 0 aromatic rings. The van der Waals surface area contributed by atoms with Crippen LogP contribution in [0.15, 0.2) is 12.8 Å². The molecule has 0 unspecified atom stereocenters. The Kier molecular flexibility index (Phi) is 9.78. The summed E-state index contributed by atoms with van der Waals surface area (Å²) in [5, 5.41) is 2.96. The predicted octanol–water partition coefficient (Wildman–Crippen LogP) is 0.482. The second-order valence-corrected chi connectivity index (χ2v) is 6.10. The zero-order valence-corrected chi connectivity index (χ0v) is 13.2. The number of hydrogen-bond acceptors (Lipinski definition) is 7. The van der Waals surface area contributed by atoms with E-state index in [1.54, 1.807) is 6.20 Å². The summed E-state index contributed by atoms with van der Waals surface area (Å²) < 4.78 is 41.7. The van der Waals surface area contributed by atoms with Gasteiger partial charge in [0, 0.05) is 0 Å². The maximum Gasteiger partial charge on any atom is 0.264 e. The second kappa shape index (κ2) is 10.1. The highest BCUT2D eigenvalue weighted by molar-refractivity contribution is 7.85. The molecular formula is C12H25NO6S. The molecule has 0 atom stereocenters. The van der Waals surface area contributed by atoms with Crippen LogP contribution in [0.4, 0.5) is 0 Å². The van der Waals surface area contributed by atoms with E-state index < -0.39 is 15.8 Å². The summed E-state index contributed by atoms with van der Waals surface area (Å²) in [7, 11) is -3.39. The van der Waals surface area contributed by atoms with Crippen molar-refractivity contribution in [3.05, 3.63) is 12.8 Å². The van der Waals surface area contributed by atoms with E-state index in [9.17, 15) is 8.42 Å². The van der Waals surface area contributed by atoms with E-state index in [4.69, 9.17) is 14.2 Å². The van der Waals surface area contributed by atoms with Crippen molar-refractivity contribution >= 4 is 10.1 Å². The molecule has 0 rings (SSSR count). The van der Waals surface area contributed by atoms with Crippen LogP contribution in [-0.2, 0) is 28.5 Å². The van der Waals surface area contributed by atoms with Crippen molar-refractivity contribution in [2.24, 2.45) is 0 Å². The molecule has 0 aromatic heterocycles. The molecule has 0 saturated carbocycles. The van der Waals surface area contributed by atoms with Crippen molar-refractivity contribution in [1.82, 2.24) is 5.32 Å². The van der Waals surface area contributed by atoms with E-state index >= 15 is 0 Å². The van der Waals surface area contributed by atoms with Crippen molar-refractivity contribution in [2.45, 2.75) is 19.6 Å². The Hall–Kier alpha value is -0.670. The van der Waals surface area contributed by atoms with Gasteiger partial charge in [0.1, 0.15) is 5.72 Å². The fraction of sp³-hybridized carbons (Fsp3) is 0.833. The van der Waals surface area contributed by atoms with Gasteiger partial charge in [-0.05, 0) is 20.0 Å². The Bertz CT molecular complexity index is 355. The summed E-state index contributed by atoms with van der Waals surface area (Å²) in [4.78, 5) is 0. The van der Waals surface area contributed by atoms with Gasteiger partial charge in [0.05, 0.1) is 45.9 Å². The van der Waals surface area contributed by atoms with E-state index in [1.807, 2.05) is 13.8 Å². The summed E-state index contributed by atoms with van der Waals surface area (Å²) in [6.45, 7) is 9.26. The van der Waals surface area contributed by atoms with Crippen LogP contribution >= 0.6 is 0 Å². The van der Waals surface area contributed by atoms with Gasteiger partial charge in [-0.3, -0.25) is 4.18 Å². The van der Waals surface area contributed by atoms with Gasteiger partial charge >= 0.3 is 0 Å². The molecule has 0 aliphatic rings. The lowest BCUT2D eigenvalue weighted by atomic mass is 10.3. The molecule has 20 heavy (non-hydrogen) atoms. The highest BCUT2D eigenvalue weighted by atomic mass is 32.2. The highest BCUT2D eigenvalue weighted by Gasteiger charge is 2.14. The zero-order valence-electron chi connectivity index (χ0n) is 12.4. The molecule has 0 radical (unpaired) electrons. The predicted molar refractivity (Wildman–Crippen MR) is 75.8 cm³/mol. The second-order valence-electron chi connectivity index (χ2n) is 4.46. The molecule has 1 N–H and O–H groups in total. The van der Waals surface area contributed by atoms with Gasteiger partial charge in [-0.15, -0.1) is 0 Å². The number of hydrogen-bond donors (Lipinski definition) is 1. The SMILES string of the molecule is C=CNC(C)(C)OCCOCCOCCOS(C)(=O)=O. The molecule has 0 fully saturated rings. The van der Waals surface area contributed by atoms with Crippen LogP contribution in [0.3, 0.4) is 0 Å². The van der Waals surface area contributed by atoms with Crippen LogP contribution in [0, 0.1) is 0 Å². The topological polar surface area (TPSA) is 83.1 Å². The fourth-order valence-corrected chi connectivity index (χ4v) is 1.58. The third kappa shape index (κ3) is 13.8. The van der Waals surface area contributed by atoms with Gasteiger partial charge in [0.25, 0.3) is 10.1 Å². The third-order valence-electron chi connectivity index (χ3n) is 2.04. The zero-order chi connectivity index (χ0) is 15.5. The highest BCUT2D eigenvalue weighted by Crippen LogP contribution is 2.03. The van der Waals surface area contributed by atoms with Crippen molar-refractivity contribution in [1.29, 1.82) is 0 Å². The quantitative estimate of drug-likeness (QED) is 0.301. The third-order valence-corrected chi connectivity index (χ3v) is 2.63. The molecule has 0 amide bonds. The molecule has 0 aromatic carbocycles. The van der Waals surface area contributed by atoms with Crippen LogP contribution in [0.1, 0.15) is 13.8 Å². The lowest BCUT2D eigenvalue weighted by Crippen LogP contribution is -2.39. The maximum atomic E-state index is 10.6. The molecule has 0 saturated heterocycles. The summed E-state index contributed by atoms with van der Waals surface area (Å²) >= 11 is 0. The summed E-state index contributed by atoms with van der Waals surface area (Å²) in [5.74, 6) is 0. The van der Waals surface area contributed by atoms with Gasteiger partial charge in [-0.2, -0.15) is 8.42 Å². The maximum absolute atomic E-state index is 10.6. The van der Waals surface area contributed by atoms with Gasteiger partial charge in [0.15, 0.2) is 0 Å². The molecule has 8 heteroatoms. The largest absolute Gasteiger partial charge is 0.377 e. The molecule has 0 spiro atoms. The minimum absolute atomic E-state index is 0.0172. The van der Waals surface area contributed by atoms with Crippen molar-refractivity contribution in [3.63, 3.8) is 0 Å². The molecule has 7 nitrogen and oxygen atoms in total. The van der Waals surface area contributed by atoms with Crippen LogP contribution in [-0.4, -0.2) is 60.0 Å². The Morgan fingerprint density at radius 3 is 2.05 bits per heavy atom. The van der Waals surface area contributed by atoms with Gasteiger partial charge in [-0.25, -0.2) is 0 Å². The first-order valence-electron chi connectivity index (χ1n) is 6.29. The summed E-state index contributed by atoms with van der Waals surface area (Å²) in [6, 6.07) is 0. The molecule has 0 heterocycles. The normalized spacial score (nSPS) is 12.3. The van der Waals surface area contributed by atoms with Gasteiger partial charge in [-0.1, -0.05) is 6.58 Å². The first-order valence-corrected chi connectivity index (χ1v) is 8.11. The lowest BCUT2D eigenvalue weighted by Gasteiger charge is -2.25. The van der Waals surface area contributed by atoms with E-state index in [1.165, 1.54) is 0 Å². The lowest BCUT2D eigenvalue weighted by molar-refractivity contribution is -0.0632. The van der Waals surface area contributed by atoms with Crippen molar-refractivity contribution in [3.8, 4) is 0 Å². The van der Waals surface area contributed by atoms with E-state index in [-0.39, 0.29) is 13.2 Å². The number of rotatable bonds is 13. The minimum atomic E-state index is -3.39. The average Bonchev–Trinajstić information content (AvgIpc) is 2.30. The van der Waals surface area contributed by atoms with E-state index in [0.717, 1.165) is 6.26 Å². The first-order chi connectivity index (χ1) is 9.27. The number of ether oxygens (including phenoxy) is 3. The Balaban J connectivity index is 3.31. The van der Waals surface area contributed by atoms with Crippen LogP contribution in [0.5, 0.6) is 0 Å². The number of nitrogens with one attached hydrogen (secondary N) is 1. The van der Waals surface area contributed by atoms with Crippen molar-refractivity contribution < 1.29 is 26.8 Å². The van der Waals surface area contributed by atoms with E-state index in [0.29, 0.717) is 26.4 Å². The Morgan fingerprint density at radius 2 is 1.55 bits per heavy atom. The first kappa shape index (κ1) is 19.3. The Morgan fingerprint density at radius 1 is 1.05 bits per heavy atom. The van der Waals surface area contributed by atoms with Gasteiger partial charge in [0.2, 0.25) is 0 Å². The Labute approximate surface area is 121 Å². The molecular weight excluding hydrogens is 286 g/mol. The van der Waals surface area contributed by atoms with Crippen molar-refractivity contribution in [2.75, 3.05) is 45.9 Å². The van der Waals surface area contributed by atoms with Crippen LogP contribution in [0.2, 0.25) is 0 Å².